The van der Waals surface area contributed by atoms with Crippen LogP contribution in [0.2, 0.25) is 0 Å². The average Bonchev–Trinajstić information content (AvgIpc) is 3.04. The highest BCUT2D eigenvalue weighted by atomic mass is 16.5. The fourth-order valence-corrected chi connectivity index (χ4v) is 3.89. The number of benzene rings is 2. The Morgan fingerprint density at radius 1 is 1.18 bits per heavy atom. The maximum absolute atomic E-state index is 6.56. The van der Waals surface area contributed by atoms with Gasteiger partial charge in [0.05, 0.1) is 18.5 Å². The Morgan fingerprint density at radius 2 is 1.86 bits per heavy atom. The minimum absolute atomic E-state index is 0.175. The molecule has 3 aromatic rings. The zero-order valence-electron chi connectivity index (χ0n) is 16.9. The van der Waals surface area contributed by atoms with Crippen molar-refractivity contribution in [2.45, 2.75) is 38.7 Å². The van der Waals surface area contributed by atoms with Crippen molar-refractivity contribution in [3.8, 4) is 17.3 Å². The third kappa shape index (κ3) is 2.99. The van der Waals surface area contributed by atoms with Crippen molar-refractivity contribution < 1.29 is 9.47 Å². The van der Waals surface area contributed by atoms with Crippen molar-refractivity contribution in [3.63, 3.8) is 0 Å². The van der Waals surface area contributed by atoms with Crippen LogP contribution in [0.15, 0.2) is 66.7 Å². The predicted molar refractivity (Wildman–Crippen MR) is 112 cm³/mol. The maximum Gasteiger partial charge on any atom is 0.221 e. The quantitative estimate of drug-likeness (QED) is 0.571. The number of rotatable bonds is 4. The van der Waals surface area contributed by atoms with Crippen LogP contribution >= 0.6 is 0 Å². The summed E-state index contributed by atoms with van der Waals surface area (Å²) in [6, 6.07) is 18.4. The minimum atomic E-state index is -0.462. The van der Waals surface area contributed by atoms with E-state index in [0.717, 1.165) is 40.6 Å². The van der Waals surface area contributed by atoms with Crippen LogP contribution in [-0.2, 0) is 0 Å². The second kappa shape index (κ2) is 6.86. The molecular weight excluding hydrogens is 348 g/mol. The van der Waals surface area contributed by atoms with E-state index in [4.69, 9.17) is 14.6 Å². The van der Waals surface area contributed by atoms with Gasteiger partial charge in [0.1, 0.15) is 11.4 Å². The lowest BCUT2D eigenvalue weighted by Crippen LogP contribution is -2.39. The summed E-state index contributed by atoms with van der Waals surface area (Å²) in [6.45, 7) is 10.4. The molecule has 0 saturated heterocycles. The number of nitrogens with zero attached hydrogens (tertiary/aromatic N) is 2. The van der Waals surface area contributed by atoms with Crippen LogP contribution in [-0.4, -0.2) is 22.5 Å². The molecule has 144 valence electrons. The number of methoxy groups -OCH3 is 1. The fourth-order valence-electron chi connectivity index (χ4n) is 3.89. The van der Waals surface area contributed by atoms with Crippen LogP contribution in [0.4, 0.5) is 0 Å². The number of aryl methyl sites for hydroxylation is 1. The second-order valence-corrected chi connectivity index (χ2v) is 7.69. The molecule has 4 nitrogen and oxygen atoms in total. The second-order valence-electron chi connectivity index (χ2n) is 7.69. The van der Waals surface area contributed by atoms with Crippen LogP contribution in [0.1, 0.15) is 43.0 Å². The lowest BCUT2D eigenvalue weighted by molar-refractivity contribution is 0.0856. The van der Waals surface area contributed by atoms with Gasteiger partial charge in [0, 0.05) is 17.9 Å². The maximum atomic E-state index is 6.56. The van der Waals surface area contributed by atoms with Gasteiger partial charge in [0.2, 0.25) is 5.88 Å². The van der Waals surface area contributed by atoms with E-state index in [2.05, 4.69) is 32.6 Å². The molecule has 0 N–H and O–H groups in total. The Kier molecular flexibility index (Phi) is 4.50. The zero-order chi connectivity index (χ0) is 19.9. The number of fused-ring (bicyclic) bond motifs is 1. The Balaban J connectivity index is 1.89. The summed E-state index contributed by atoms with van der Waals surface area (Å²) in [6.07, 6.45) is 0.822. The van der Waals surface area contributed by atoms with Gasteiger partial charge in [-0.3, -0.25) is 0 Å². The third-order valence-electron chi connectivity index (χ3n) is 5.75. The minimum Gasteiger partial charge on any atom is -0.497 e. The summed E-state index contributed by atoms with van der Waals surface area (Å²) in [5, 5.41) is 4.83. The van der Waals surface area contributed by atoms with Gasteiger partial charge in [-0.25, -0.2) is 4.68 Å². The van der Waals surface area contributed by atoms with Crippen LogP contribution in [0.3, 0.4) is 0 Å². The molecule has 0 spiro atoms. The first-order chi connectivity index (χ1) is 13.4. The van der Waals surface area contributed by atoms with Gasteiger partial charge in [-0.1, -0.05) is 36.9 Å². The molecule has 2 atom stereocenters. The molecule has 0 amide bonds. The van der Waals surface area contributed by atoms with E-state index in [-0.39, 0.29) is 5.92 Å². The summed E-state index contributed by atoms with van der Waals surface area (Å²) in [7, 11) is 1.69. The summed E-state index contributed by atoms with van der Waals surface area (Å²) < 4.78 is 13.8. The SMILES string of the molecule is C=C(C)[C@@]1(C)C[C@H](c2ccc(OC)cc2)c2c(C)nn(-c3ccccc3)c2O1. The molecule has 0 bridgehead atoms. The highest BCUT2D eigenvalue weighted by molar-refractivity contribution is 5.50. The first kappa shape index (κ1) is 18.4. The van der Waals surface area contributed by atoms with E-state index >= 15 is 0 Å². The van der Waals surface area contributed by atoms with Gasteiger partial charge >= 0.3 is 0 Å². The molecule has 1 aliphatic heterocycles. The Bertz CT molecular complexity index is 1010. The van der Waals surface area contributed by atoms with Crippen molar-refractivity contribution >= 4 is 0 Å². The largest absolute Gasteiger partial charge is 0.497 e. The molecule has 0 saturated carbocycles. The first-order valence-electron chi connectivity index (χ1n) is 9.57. The molecule has 2 heterocycles. The van der Waals surface area contributed by atoms with Crippen LogP contribution in [0.5, 0.6) is 11.6 Å². The molecule has 2 aromatic carbocycles. The van der Waals surface area contributed by atoms with E-state index in [1.807, 2.05) is 54.1 Å². The number of aromatic nitrogens is 2. The van der Waals surface area contributed by atoms with Crippen LogP contribution < -0.4 is 9.47 Å². The van der Waals surface area contributed by atoms with Crippen molar-refractivity contribution in [1.29, 1.82) is 0 Å². The predicted octanol–water partition coefficient (Wildman–Crippen LogP) is 5.44. The van der Waals surface area contributed by atoms with E-state index in [0.29, 0.717) is 0 Å². The van der Waals surface area contributed by atoms with Gasteiger partial charge in [-0.2, -0.15) is 5.10 Å². The standard InChI is InChI=1S/C24H26N2O2/c1-16(2)24(4)15-21(18-11-13-20(27-5)14-12-18)22-17(3)25-26(23(22)28-24)19-9-7-6-8-10-19/h6-14,21H,1,15H2,2-5H3/t21-,24-/m1/s1. The molecule has 28 heavy (non-hydrogen) atoms. The number of hydrogen-bond donors (Lipinski definition) is 0. The summed E-state index contributed by atoms with van der Waals surface area (Å²) in [5.74, 6) is 1.84. The summed E-state index contributed by atoms with van der Waals surface area (Å²) in [5.41, 5.74) is 4.91. The molecule has 0 fully saturated rings. The fraction of sp³-hybridized carbons (Fsp3) is 0.292. The Hall–Kier alpha value is -3.01. The van der Waals surface area contributed by atoms with Crippen molar-refractivity contribution in [2.24, 2.45) is 0 Å². The van der Waals surface area contributed by atoms with E-state index < -0.39 is 5.60 Å². The third-order valence-corrected chi connectivity index (χ3v) is 5.75. The lowest BCUT2D eigenvalue weighted by atomic mass is 9.77. The number of ether oxygens (including phenoxy) is 2. The molecule has 1 aliphatic rings. The molecule has 4 rings (SSSR count). The van der Waals surface area contributed by atoms with E-state index in [1.54, 1.807) is 7.11 Å². The van der Waals surface area contributed by atoms with Crippen LogP contribution in [0, 0.1) is 6.92 Å². The van der Waals surface area contributed by atoms with Crippen molar-refractivity contribution in [1.82, 2.24) is 9.78 Å². The first-order valence-corrected chi connectivity index (χ1v) is 9.57. The summed E-state index contributed by atoms with van der Waals surface area (Å²) >= 11 is 0. The Morgan fingerprint density at radius 3 is 2.46 bits per heavy atom. The number of hydrogen-bond acceptors (Lipinski definition) is 3. The highest BCUT2D eigenvalue weighted by Crippen LogP contribution is 2.48. The molecule has 1 aromatic heterocycles. The van der Waals surface area contributed by atoms with E-state index in [9.17, 15) is 0 Å². The normalized spacial score (nSPS) is 20.9. The topological polar surface area (TPSA) is 36.3 Å². The summed E-state index contributed by atoms with van der Waals surface area (Å²) in [4.78, 5) is 0. The molecule has 0 radical (unpaired) electrons. The highest BCUT2D eigenvalue weighted by Gasteiger charge is 2.42. The van der Waals surface area contributed by atoms with Gasteiger partial charge in [0.15, 0.2) is 0 Å². The van der Waals surface area contributed by atoms with Gasteiger partial charge < -0.3 is 9.47 Å². The van der Waals surface area contributed by atoms with Gasteiger partial charge in [-0.05, 0) is 56.2 Å². The van der Waals surface area contributed by atoms with Gasteiger partial charge in [0.25, 0.3) is 0 Å². The smallest absolute Gasteiger partial charge is 0.221 e. The zero-order valence-corrected chi connectivity index (χ0v) is 16.9. The molecule has 0 aliphatic carbocycles. The molecular formula is C24H26N2O2. The molecule has 0 unspecified atom stereocenters. The van der Waals surface area contributed by atoms with Crippen molar-refractivity contribution in [3.05, 3.63) is 83.6 Å². The lowest BCUT2D eigenvalue weighted by Gasteiger charge is -2.39. The Labute approximate surface area is 166 Å². The molecule has 4 heteroatoms. The van der Waals surface area contributed by atoms with E-state index in [1.165, 1.54) is 5.56 Å². The van der Waals surface area contributed by atoms with Crippen LogP contribution in [0.25, 0.3) is 5.69 Å². The van der Waals surface area contributed by atoms with Crippen molar-refractivity contribution in [2.75, 3.05) is 7.11 Å². The average molecular weight is 374 g/mol. The monoisotopic (exact) mass is 374 g/mol. The number of para-hydroxylation sites is 1. The van der Waals surface area contributed by atoms with Gasteiger partial charge in [-0.15, -0.1) is 0 Å².